The van der Waals surface area contributed by atoms with Crippen molar-refractivity contribution < 1.29 is 8.42 Å². The Morgan fingerprint density at radius 2 is 2.00 bits per heavy atom. The number of halogens is 1. The quantitative estimate of drug-likeness (QED) is 0.821. The first-order chi connectivity index (χ1) is 8.91. The number of rotatable bonds is 2. The van der Waals surface area contributed by atoms with Crippen LogP contribution in [0.3, 0.4) is 0 Å². The monoisotopic (exact) mass is 345 g/mol. The van der Waals surface area contributed by atoms with E-state index in [9.17, 15) is 8.42 Å². The molecule has 0 aromatic heterocycles. The van der Waals surface area contributed by atoms with Crippen LogP contribution in [0.1, 0.15) is 31.7 Å². The zero-order chi connectivity index (χ0) is 14.0. The summed E-state index contributed by atoms with van der Waals surface area (Å²) in [6.45, 7) is 5.31. The molecule has 0 N–H and O–H groups in total. The molecule has 1 aliphatic rings. The molecule has 1 unspecified atom stereocenters. The lowest BCUT2D eigenvalue weighted by Gasteiger charge is -2.21. The third kappa shape index (κ3) is 3.38. The highest BCUT2D eigenvalue weighted by Crippen LogP contribution is 2.26. The van der Waals surface area contributed by atoms with Gasteiger partial charge in [0.2, 0.25) is 10.0 Å². The molecule has 0 bridgehead atoms. The zero-order valence-electron chi connectivity index (χ0n) is 11.4. The first-order valence-corrected chi connectivity index (χ1v) is 8.91. The van der Waals surface area contributed by atoms with Gasteiger partial charge in [0.15, 0.2) is 0 Å². The molecular formula is C14H20BrNO2S. The fourth-order valence-electron chi connectivity index (χ4n) is 2.47. The van der Waals surface area contributed by atoms with Crippen molar-refractivity contribution in [2.45, 2.75) is 38.0 Å². The van der Waals surface area contributed by atoms with E-state index in [1.54, 1.807) is 10.4 Å². The Hall–Kier alpha value is -0.390. The zero-order valence-corrected chi connectivity index (χ0v) is 13.8. The molecule has 0 radical (unpaired) electrons. The van der Waals surface area contributed by atoms with Crippen LogP contribution >= 0.6 is 15.9 Å². The highest BCUT2D eigenvalue weighted by atomic mass is 79.9. The molecule has 0 amide bonds. The molecule has 0 spiro atoms. The maximum Gasteiger partial charge on any atom is 0.243 e. The minimum Gasteiger partial charge on any atom is -0.207 e. The largest absolute Gasteiger partial charge is 0.243 e. The van der Waals surface area contributed by atoms with E-state index in [1.807, 2.05) is 19.1 Å². The SMILES string of the molecule is Cc1ccc(Br)cc1S(=O)(=O)N1CCCC(C)CC1. The van der Waals surface area contributed by atoms with Crippen molar-refractivity contribution in [3.05, 3.63) is 28.2 Å². The van der Waals surface area contributed by atoms with Gasteiger partial charge >= 0.3 is 0 Å². The molecule has 3 nitrogen and oxygen atoms in total. The van der Waals surface area contributed by atoms with Crippen LogP contribution in [0.4, 0.5) is 0 Å². The number of hydrogen-bond acceptors (Lipinski definition) is 2. The molecule has 106 valence electrons. The van der Waals surface area contributed by atoms with Gasteiger partial charge in [-0.25, -0.2) is 8.42 Å². The van der Waals surface area contributed by atoms with Gasteiger partial charge in [-0.05, 0) is 49.8 Å². The van der Waals surface area contributed by atoms with Crippen LogP contribution in [0.15, 0.2) is 27.6 Å². The Kier molecular flexibility index (Phi) is 4.69. The van der Waals surface area contributed by atoms with Crippen LogP contribution in [0.25, 0.3) is 0 Å². The number of benzene rings is 1. The van der Waals surface area contributed by atoms with E-state index in [0.29, 0.717) is 23.9 Å². The normalized spacial score (nSPS) is 22.2. The predicted octanol–water partition coefficient (Wildman–Crippen LogP) is 3.57. The summed E-state index contributed by atoms with van der Waals surface area (Å²) in [5.41, 5.74) is 0.806. The second-order valence-electron chi connectivity index (χ2n) is 5.35. The van der Waals surface area contributed by atoms with Crippen molar-refractivity contribution in [3.63, 3.8) is 0 Å². The molecule has 5 heteroatoms. The summed E-state index contributed by atoms with van der Waals surface area (Å²) in [5.74, 6) is 0.615. The van der Waals surface area contributed by atoms with E-state index < -0.39 is 10.0 Å². The third-order valence-electron chi connectivity index (χ3n) is 3.74. The van der Waals surface area contributed by atoms with Crippen LogP contribution in [-0.4, -0.2) is 25.8 Å². The lowest BCUT2D eigenvalue weighted by molar-refractivity contribution is 0.416. The number of nitrogens with zero attached hydrogens (tertiary/aromatic N) is 1. The van der Waals surface area contributed by atoms with Crippen molar-refractivity contribution in [2.75, 3.05) is 13.1 Å². The lowest BCUT2D eigenvalue weighted by Crippen LogP contribution is -2.32. The van der Waals surface area contributed by atoms with Crippen molar-refractivity contribution in [3.8, 4) is 0 Å². The minimum absolute atomic E-state index is 0.427. The van der Waals surface area contributed by atoms with E-state index in [2.05, 4.69) is 22.9 Å². The summed E-state index contributed by atoms with van der Waals surface area (Å²) in [5, 5.41) is 0. The van der Waals surface area contributed by atoms with Gasteiger partial charge in [0.25, 0.3) is 0 Å². The molecule has 1 atom stereocenters. The average molecular weight is 346 g/mol. The maximum atomic E-state index is 12.7. The molecular weight excluding hydrogens is 326 g/mol. The Bertz CT molecular complexity index is 557. The summed E-state index contributed by atoms with van der Waals surface area (Å²) in [6.07, 6.45) is 3.02. The molecule has 0 saturated carbocycles. The van der Waals surface area contributed by atoms with Crippen molar-refractivity contribution in [1.29, 1.82) is 0 Å². The van der Waals surface area contributed by atoms with Gasteiger partial charge in [-0.15, -0.1) is 0 Å². The number of aryl methyl sites for hydroxylation is 1. The van der Waals surface area contributed by atoms with Gasteiger partial charge in [0, 0.05) is 17.6 Å². The van der Waals surface area contributed by atoms with Gasteiger partial charge in [-0.3, -0.25) is 0 Å². The van der Waals surface area contributed by atoms with E-state index in [1.165, 1.54) is 0 Å². The van der Waals surface area contributed by atoms with Crippen LogP contribution in [-0.2, 0) is 10.0 Å². The predicted molar refractivity (Wildman–Crippen MR) is 80.7 cm³/mol. The topological polar surface area (TPSA) is 37.4 Å². The summed E-state index contributed by atoms with van der Waals surface area (Å²) in [6, 6.07) is 5.43. The van der Waals surface area contributed by atoms with Crippen LogP contribution in [0.5, 0.6) is 0 Å². The summed E-state index contributed by atoms with van der Waals surface area (Å²) in [4.78, 5) is 0.427. The smallest absolute Gasteiger partial charge is 0.207 e. The highest BCUT2D eigenvalue weighted by molar-refractivity contribution is 9.10. The summed E-state index contributed by atoms with van der Waals surface area (Å²) >= 11 is 3.35. The Balaban J connectivity index is 2.33. The number of hydrogen-bond donors (Lipinski definition) is 0. The van der Waals surface area contributed by atoms with Crippen LogP contribution < -0.4 is 0 Å². The fourth-order valence-corrected chi connectivity index (χ4v) is 4.72. The molecule has 2 rings (SSSR count). The molecule has 1 aromatic carbocycles. The average Bonchev–Trinajstić information content (AvgIpc) is 2.57. The van der Waals surface area contributed by atoms with E-state index in [4.69, 9.17) is 0 Å². The van der Waals surface area contributed by atoms with Crippen LogP contribution in [0, 0.1) is 12.8 Å². The molecule has 0 aliphatic carbocycles. The first kappa shape index (κ1) is 15.0. The summed E-state index contributed by atoms with van der Waals surface area (Å²) in [7, 11) is -3.36. The second kappa shape index (κ2) is 5.94. The van der Waals surface area contributed by atoms with Crippen molar-refractivity contribution >= 4 is 26.0 Å². The van der Waals surface area contributed by atoms with Gasteiger partial charge < -0.3 is 0 Å². The maximum absolute atomic E-state index is 12.7. The van der Waals surface area contributed by atoms with E-state index >= 15 is 0 Å². The third-order valence-corrected chi connectivity index (χ3v) is 6.28. The minimum atomic E-state index is -3.36. The molecule has 1 aromatic rings. The standard InChI is InChI=1S/C14H20BrNO2S/c1-11-4-3-8-16(9-7-11)19(17,18)14-10-13(15)6-5-12(14)2/h5-6,10-11H,3-4,7-9H2,1-2H3. The Morgan fingerprint density at radius 3 is 2.74 bits per heavy atom. The van der Waals surface area contributed by atoms with E-state index in [0.717, 1.165) is 29.3 Å². The van der Waals surface area contributed by atoms with Gasteiger partial charge in [-0.1, -0.05) is 28.9 Å². The Morgan fingerprint density at radius 1 is 1.26 bits per heavy atom. The first-order valence-electron chi connectivity index (χ1n) is 6.67. The van der Waals surface area contributed by atoms with Gasteiger partial charge in [-0.2, -0.15) is 4.31 Å². The molecule has 1 saturated heterocycles. The highest BCUT2D eigenvalue weighted by Gasteiger charge is 2.27. The number of sulfonamides is 1. The fraction of sp³-hybridized carbons (Fsp3) is 0.571. The lowest BCUT2D eigenvalue weighted by atomic mass is 10.0. The summed E-state index contributed by atoms with van der Waals surface area (Å²) < 4.78 is 27.9. The molecule has 19 heavy (non-hydrogen) atoms. The molecule has 1 heterocycles. The Labute approximate surface area is 124 Å². The second-order valence-corrected chi connectivity index (χ2v) is 8.17. The van der Waals surface area contributed by atoms with Gasteiger partial charge in [0.05, 0.1) is 4.90 Å². The van der Waals surface area contributed by atoms with Crippen molar-refractivity contribution in [2.24, 2.45) is 5.92 Å². The van der Waals surface area contributed by atoms with Gasteiger partial charge in [0.1, 0.15) is 0 Å². The molecule has 1 aliphatic heterocycles. The van der Waals surface area contributed by atoms with E-state index in [-0.39, 0.29) is 0 Å². The van der Waals surface area contributed by atoms with Crippen molar-refractivity contribution in [1.82, 2.24) is 4.31 Å². The van der Waals surface area contributed by atoms with Crippen LogP contribution in [0.2, 0.25) is 0 Å². The molecule has 1 fully saturated rings.